The molecule has 0 unspecified atom stereocenters. The van der Waals surface area contributed by atoms with Crippen molar-refractivity contribution in [2.45, 2.75) is 12.8 Å². The van der Waals surface area contributed by atoms with Crippen molar-refractivity contribution in [2.75, 3.05) is 0 Å². The molecule has 1 heterocycles. The van der Waals surface area contributed by atoms with Crippen molar-refractivity contribution in [2.24, 2.45) is 12.8 Å². The van der Waals surface area contributed by atoms with Crippen LogP contribution in [0.4, 0.5) is 0 Å². The van der Waals surface area contributed by atoms with Crippen LogP contribution in [0.5, 0.6) is 0 Å². The molecule has 1 aromatic heterocycles. The van der Waals surface area contributed by atoms with Crippen LogP contribution in [0, 0.1) is 0 Å². The third-order valence-electron chi connectivity index (χ3n) is 1.68. The second-order valence-corrected chi connectivity index (χ2v) is 2.58. The lowest BCUT2D eigenvalue weighted by Gasteiger charge is -1.99. The number of hydrogen-bond acceptors (Lipinski definition) is 1. The van der Waals surface area contributed by atoms with Gasteiger partial charge in [-0.2, -0.15) is 0 Å². The predicted molar refractivity (Wildman–Crippen MR) is 42.9 cm³/mol. The van der Waals surface area contributed by atoms with Gasteiger partial charge in [-0.1, -0.05) is 0 Å². The van der Waals surface area contributed by atoms with Crippen molar-refractivity contribution >= 4 is 5.91 Å². The fraction of sp³-hybridized carbons (Fsp3) is 0.375. The van der Waals surface area contributed by atoms with Crippen LogP contribution in [0.25, 0.3) is 0 Å². The van der Waals surface area contributed by atoms with E-state index in [1.165, 1.54) is 0 Å². The van der Waals surface area contributed by atoms with E-state index >= 15 is 0 Å². The van der Waals surface area contributed by atoms with Gasteiger partial charge >= 0.3 is 0 Å². The van der Waals surface area contributed by atoms with Crippen LogP contribution in [0.3, 0.4) is 0 Å². The van der Waals surface area contributed by atoms with Crippen molar-refractivity contribution < 1.29 is 4.79 Å². The first-order valence-corrected chi connectivity index (χ1v) is 3.58. The van der Waals surface area contributed by atoms with Crippen LogP contribution in [-0.2, 0) is 18.3 Å². The highest BCUT2D eigenvalue weighted by Crippen LogP contribution is 2.02. The molecule has 0 aliphatic rings. The van der Waals surface area contributed by atoms with Gasteiger partial charge < -0.3 is 10.3 Å². The van der Waals surface area contributed by atoms with Crippen molar-refractivity contribution in [3.05, 3.63) is 24.0 Å². The van der Waals surface area contributed by atoms with Gasteiger partial charge in [0.2, 0.25) is 5.91 Å². The lowest BCUT2D eigenvalue weighted by Crippen LogP contribution is -2.12. The Bertz CT molecular complexity index is 252. The Morgan fingerprint density at radius 2 is 2.45 bits per heavy atom. The van der Waals surface area contributed by atoms with E-state index in [-0.39, 0.29) is 5.91 Å². The second kappa shape index (κ2) is 3.23. The molecular formula is C8H12N2O. The molecule has 3 nitrogen and oxygen atoms in total. The maximum Gasteiger partial charge on any atom is 0.217 e. The van der Waals surface area contributed by atoms with E-state index in [9.17, 15) is 4.79 Å². The number of hydrogen-bond donors (Lipinski definition) is 1. The van der Waals surface area contributed by atoms with Crippen molar-refractivity contribution in [3.8, 4) is 0 Å². The molecule has 0 aromatic carbocycles. The first-order chi connectivity index (χ1) is 5.20. The minimum absolute atomic E-state index is 0.244. The summed E-state index contributed by atoms with van der Waals surface area (Å²) < 4.78 is 1.99. The quantitative estimate of drug-likeness (QED) is 0.671. The minimum atomic E-state index is -0.244. The van der Waals surface area contributed by atoms with E-state index in [2.05, 4.69) is 0 Å². The Labute approximate surface area is 65.8 Å². The number of amides is 1. The molecule has 0 aliphatic carbocycles. The van der Waals surface area contributed by atoms with Gasteiger partial charge in [0.1, 0.15) is 0 Å². The maximum atomic E-state index is 10.4. The van der Waals surface area contributed by atoms with Gasteiger partial charge in [-0.05, 0) is 18.6 Å². The summed E-state index contributed by atoms with van der Waals surface area (Å²) in [5.41, 5.74) is 6.15. The molecule has 0 aliphatic heterocycles. The van der Waals surface area contributed by atoms with Gasteiger partial charge in [-0.15, -0.1) is 0 Å². The number of nitrogens with two attached hydrogens (primary N) is 1. The topological polar surface area (TPSA) is 48.0 Å². The van der Waals surface area contributed by atoms with Crippen LogP contribution >= 0.6 is 0 Å². The molecule has 1 aromatic rings. The van der Waals surface area contributed by atoms with Crippen molar-refractivity contribution in [3.63, 3.8) is 0 Å². The number of primary amides is 1. The summed E-state index contributed by atoms with van der Waals surface area (Å²) >= 11 is 0. The number of aromatic nitrogens is 1. The van der Waals surface area contributed by atoms with E-state index in [4.69, 9.17) is 5.73 Å². The maximum absolute atomic E-state index is 10.4. The Hall–Kier alpha value is -1.25. The zero-order chi connectivity index (χ0) is 8.27. The van der Waals surface area contributed by atoms with Gasteiger partial charge in [0.25, 0.3) is 0 Å². The van der Waals surface area contributed by atoms with E-state index < -0.39 is 0 Å². The Morgan fingerprint density at radius 1 is 1.73 bits per heavy atom. The predicted octanol–water partition coefficient (Wildman–Crippen LogP) is 0.443. The smallest absolute Gasteiger partial charge is 0.217 e. The normalized spacial score (nSPS) is 9.91. The summed E-state index contributed by atoms with van der Waals surface area (Å²) in [5.74, 6) is -0.244. The number of aryl methyl sites for hydroxylation is 2. The van der Waals surface area contributed by atoms with Crippen LogP contribution < -0.4 is 5.73 Å². The molecule has 0 spiro atoms. The number of nitrogens with zero attached hydrogens (tertiary/aromatic N) is 1. The highest BCUT2D eigenvalue weighted by atomic mass is 16.1. The van der Waals surface area contributed by atoms with Crippen LogP contribution in [0.2, 0.25) is 0 Å². The summed E-state index contributed by atoms with van der Waals surface area (Å²) in [7, 11) is 1.95. The summed E-state index contributed by atoms with van der Waals surface area (Å²) in [6.45, 7) is 0. The largest absolute Gasteiger partial charge is 0.370 e. The summed E-state index contributed by atoms with van der Waals surface area (Å²) in [4.78, 5) is 10.4. The molecule has 0 radical (unpaired) electrons. The standard InChI is InChI=1S/C8H12N2O/c1-10-6-2-3-7(10)4-5-8(9)11/h2-3,6H,4-5H2,1H3,(H2,9,11). The molecule has 11 heavy (non-hydrogen) atoms. The van der Waals surface area contributed by atoms with Crippen molar-refractivity contribution in [1.29, 1.82) is 0 Å². The first-order valence-electron chi connectivity index (χ1n) is 3.58. The molecule has 0 fully saturated rings. The Balaban J connectivity index is 2.51. The molecule has 1 amide bonds. The number of carbonyl (C=O) groups excluding carboxylic acids is 1. The molecule has 0 atom stereocenters. The van der Waals surface area contributed by atoms with E-state index in [0.717, 1.165) is 12.1 Å². The van der Waals surface area contributed by atoms with Crippen LogP contribution in [-0.4, -0.2) is 10.5 Å². The molecule has 1 rings (SSSR count). The van der Waals surface area contributed by atoms with Gasteiger partial charge in [0.05, 0.1) is 0 Å². The average Bonchev–Trinajstić information content (AvgIpc) is 2.31. The molecular weight excluding hydrogens is 140 g/mol. The van der Waals surface area contributed by atoms with Crippen molar-refractivity contribution in [1.82, 2.24) is 4.57 Å². The van der Waals surface area contributed by atoms with Crippen LogP contribution in [0.15, 0.2) is 18.3 Å². The lowest BCUT2D eigenvalue weighted by atomic mass is 10.2. The third-order valence-corrected chi connectivity index (χ3v) is 1.68. The molecule has 60 valence electrons. The molecule has 3 heteroatoms. The zero-order valence-electron chi connectivity index (χ0n) is 6.58. The first kappa shape index (κ1) is 7.85. The average molecular weight is 152 g/mol. The van der Waals surface area contributed by atoms with Crippen LogP contribution in [0.1, 0.15) is 12.1 Å². The second-order valence-electron chi connectivity index (χ2n) is 2.58. The minimum Gasteiger partial charge on any atom is -0.370 e. The highest BCUT2D eigenvalue weighted by molar-refractivity contribution is 5.73. The van der Waals surface area contributed by atoms with E-state index in [1.54, 1.807) is 0 Å². The monoisotopic (exact) mass is 152 g/mol. The SMILES string of the molecule is Cn1cccc1CCC(N)=O. The summed E-state index contributed by atoms with van der Waals surface area (Å²) in [6, 6.07) is 3.94. The molecule has 0 saturated heterocycles. The fourth-order valence-electron chi connectivity index (χ4n) is 1.01. The molecule has 0 saturated carbocycles. The van der Waals surface area contributed by atoms with Gasteiger partial charge in [-0.25, -0.2) is 0 Å². The third kappa shape index (κ3) is 2.11. The van der Waals surface area contributed by atoms with Gasteiger partial charge in [0, 0.05) is 25.4 Å². The Morgan fingerprint density at radius 3 is 2.91 bits per heavy atom. The number of carbonyl (C=O) groups is 1. The highest BCUT2D eigenvalue weighted by Gasteiger charge is 1.98. The van der Waals surface area contributed by atoms with Gasteiger partial charge in [0.15, 0.2) is 0 Å². The Kier molecular flexibility index (Phi) is 2.31. The van der Waals surface area contributed by atoms with E-state index in [0.29, 0.717) is 6.42 Å². The summed E-state index contributed by atoms with van der Waals surface area (Å²) in [5, 5.41) is 0. The van der Waals surface area contributed by atoms with Gasteiger partial charge in [-0.3, -0.25) is 4.79 Å². The zero-order valence-corrected chi connectivity index (χ0v) is 6.58. The number of rotatable bonds is 3. The molecule has 0 bridgehead atoms. The molecule has 2 N–H and O–H groups in total. The summed E-state index contributed by atoms with van der Waals surface area (Å²) in [6.07, 6.45) is 3.12. The lowest BCUT2D eigenvalue weighted by molar-refractivity contribution is -0.118. The van der Waals surface area contributed by atoms with E-state index in [1.807, 2.05) is 29.9 Å². The fourth-order valence-corrected chi connectivity index (χ4v) is 1.01.